The molecule has 176 valence electrons. The zero-order valence-electron chi connectivity index (χ0n) is 19.8. The van der Waals surface area contributed by atoms with Crippen molar-refractivity contribution in [1.82, 2.24) is 0 Å². The first-order chi connectivity index (χ1) is 16.1. The molecular formula is C28H34O5. The van der Waals surface area contributed by atoms with E-state index in [4.69, 9.17) is 9.47 Å². The quantitative estimate of drug-likeness (QED) is 0.178. The monoisotopic (exact) mass is 450 g/mol. The van der Waals surface area contributed by atoms with E-state index in [-0.39, 0.29) is 13.0 Å². The molecule has 0 aromatic heterocycles. The average Bonchev–Trinajstić information content (AvgIpc) is 2.81. The van der Waals surface area contributed by atoms with E-state index < -0.39 is 24.6 Å². The van der Waals surface area contributed by atoms with Crippen LogP contribution in [0.3, 0.4) is 0 Å². The Labute approximate surface area is 199 Å². The second-order valence-corrected chi connectivity index (χ2v) is 7.20. The topological polar surface area (TPSA) is 72.8 Å². The van der Waals surface area contributed by atoms with Crippen LogP contribution >= 0.6 is 0 Å². The molecule has 0 saturated carbocycles. The van der Waals surface area contributed by atoms with Gasteiger partial charge in [0.25, 0.3) is 0 Å². The van der Waals surface area contributed by atoms with E-state index in [2.05, 4.69) is 66.1 Å². The fraction of sp³-hybridized carbons (Fsp3) is 0.571. The summed E-state index contributed by atoms with van der Waals surface area (Å²) in [6.45, 7) is 3.18. The van der Waals surface area contributed by atoms with Crippen LogP contribution in [-0.4, -0.2) is 36.4 Å². The van der Waals surface area contributed by atoms with Crippen molar-refractivity contribution < 1.29 is 24.2 Å². The molecule has 0 unspecified atom stereocenters. The third-order valence-corrected chi connectivity index (χ3v) is 4.36. The summed E-state index contributed by atoms with van der Waals surface area (Å²) < 4.78 is 10.0. The summed E-state index contributed by atoms with van der Waals surface area (Å²) in [6.07, 6.45) is 11.2. The van der Waals surface area contributed by atoms with Crippen LogP contribution in [0, 0.1) is 59.2 Å². The number of carbonyl (C=O) groups is 2. The molecule has 0 aliphatic rings. The van der Waals surface area contributed by atoms with Crippen LogP contribution in [0.25, 0.3) is 0 Å². The fourth-order valence-corrected chi connectivity index (χ4v) is 2.66. The lowest BCUT2D eigenvalue weighted by molar-refractivity contribution is -0.159. The second-order valence-electron chi connectivity index (χ2n) is 7.20. The number of aliphatic hydroxyl groups excluding tert-OH is 1. The molecule has 33 heavy (non-hydrogen) atoms. The van der Waals surface area contributed by atoms with Crippen molar-refractivity contribution >= 4 is 11.9 Å². The van der Waals surface area contributed by atoms with Gasteiger partial charge >= 0.3 is 11.9 Å². The molecule has 0 saturated heterocycles. The van der Waals surface area contributed by atoms with Crippen LogP contribution < -0.4 is 0 Å². The first kappa shape index (κ1) is 29.7. The zero-order valence-corrected chi connectivity index (χ0v) is 19.8. The summed E-state index contributed by atoms with van der Waals surface area (Å²) >= 11 is 0. The smallest absolute Gasteiger partial charge is 0.385 e. The highest BCUT2D eigenvalue weighted by Crippen LogP contribution is 2.11. The van der Waals surface area contributed by atoms with Crippen molar-refractivity contribution in [3.05, 3.63) is 0 Å². The molecule has 1 N–H and O–H groups in total. The molecule has 1 atom stereocenters. The zero-order chi connectivity index (χ0) is 24.4. The summed E-state index contributed by atoms with van der Waals surface area (Å²) in [5.74, 6) is 23.0. The average molecular weight is 451 g/mol. The van der Waals surface area contributed by atoms with Gasteiger partial charge < -0.3 is 14.6 Å². The third-order valence-electron chi connectivity index (χ3n) is 4.36. The molecule has 5 heteroatoms. The molecule has 0 heterocycles. The third kappa shape index (κ3) is 21.7. The van der Waals surface area contributed by atoms with E-state index in [1.807, 2.05) is 0 Å². The van der Waals surface area contributed by atoms with E-state index in [0.29, 0.717) is 0 Å². The van der Waals surface area contributed by atoms with Gasteiger partial charge in [0, 0.05) is 12.3 Å². The highest BCUT2D eigenvalue weighted by atomic mass is 16.6. The molecule has 0 fully saturated rings. The Balaban J connectivity index is 3.99. The molecule has 0 aliphatic heterocycles. The Hall–Kier alpha value is -3.30. The first-order valence-corrected chi connectivity index (χ1v) is 11.5. The first-order valence-electron chi connectivity index (χ1n) is 11.5. The number of esters is 2. The molecular weight excluding hydrogens is 416 g/mol. The number of carbonyl (C=O) groups excluding carboxylic acids is 2. The lowest BCUT2D eigenvalue weighted by atomic mass is 10.1. The van der Waals surface area contributed by atoms with Crippen LogP contribution in [-0.2, 0) is 19.1 Å². The minimum atomic E-state index is -0.909. The maximum atomic E-state index is 11.9. The lowest BCUT2D eigenvalue weighted by Crippen LogP contribution is -2.28. The molecule has 5 nitrogen and oxygen atoms in total. The van der Waals surface area contributed by atoms with Gasteiger partial charge in [-0.25, -0.2) is 4.79 Å². The number of hydrogen-bond donors (Lipinski definition) is 1. The molecule has 0 rings (SSSR count). The van der Waals surface area contributed by atoms with Gasteiger partial charge in [-0.2, -0.15) is 0 Å². The van der Waals surface area contributed by atoms with Crippen molar-refractivity contribution in [2.75, 3.05) is 13.2 Å². The summed E-state index contributed by atoms with van der Waals surface area (Å²) in [5, 5.41) is 9.32. The number of ether oxygens (including phenoxy) is 2. The van der Waals surface area contributed by atoms with Gasteiger partial charge in [-0.05, 0) is 60.7 Å². The summed E-state index contributed by atoms with van der Waals surface area (Å²) in [7, 11) is 0. The molecule has 0 aromatic carbocycles. The van der Waals surface area contributed by atoms with Crippen LogP contribution in [0.15, 0.2) is 0 Å². The minimum Gasteiger partial charge on any atom is -0.456 e. The highest BCUT2D eigenvalue weighted by molar-refractivity contribution is 5.89. The van der Waals surface area contributed by atoms with E-state index in [9.17, 15) is 14.7 Å². The number of hydrogen-bond acceptors (Lipinski definition) is 5. The Morgan fingerprint density at radius 3 is 1.82 bits per heavy atom. The van der Waals surface area contributed by atoms with Crippen molar-refractivity contribution in [1.29, 1.82) is 0 Å². The second kappa shape index (κ2) is 23.4. The van der Waals surface area contributed by atoms with Gasteiger partial charge in [-0.3, -0.25) is 4.79 Å². The highest BCUT2D eigenvalue weighted by Gasteiger charge is 2.15. The minimum absolute atomic E-state index is 0.269. The van der Waals surface area contributed by atoms with Crippen LogP contribution in [0.1, 0.15) is 84.5 Å². The molecule has 0 radical (unpaired) electrons. The van der Waals surface area contributed by atoms with E-state index >= 15 is 0 Å². The van der Waals surface area contributed by atoms with Gasteiger partial charge in [-0.1, -0.05) is 70.6 Å². The Bertz CT molecular complexity index is 875. The van der Waals surface area contributed by atoms with E-state index in [1.165, 1.54) is 44.9 Å². The summed E-state index contributed by atoms with van der Waals surface area (Å²) in [4.78, 5) is 23.5. The fourth-order valence-electron chi connectivity index (χ4n) is 2.66. The Kier molecular flexibility index (Phi) is 21.0. The molecule has 0 aromatic rings. The largest absolute Gasteiger partial charge is 0.456 e. The van der Waals surface area contributed by atoms with Crippen LogP contribution in [0.5, 0.6) is 0 Å². The number of unbranched alkanes of at least 4 members (excludes halogenated alkanes) is 9. The molecule has 0 bridgehead atoms. The normalized spacial score (nSPS) is 9.55. The Morgan fingerprint density at radius 2 is 1.27 bits per heavy atom. The number of rotatable bonds is 15. The standard InChI is InChI=1S/C28H34O5/c1-3-5-7-9-11-13-15-17-19-21-23-28(31)33-26(24-29)25-32-27(30)22-20-18-16-14-12-10-8-6-4-2/h26,29H,3,5,7,9,11,13,15,17,19,21,23-25H2,1-2H3/t26-/m1/s1. The van der Waals surface area contributed by atoms with Gasteiger partial charge in [0.15, 0.2) is 6.10 Å². The molecule has 0 amide bonds. The van der Waals surface area contributed by atoms with E-state index in [0.717, 1.165) is 19.3 Å². The van der Waals surface area contributed by atoms with Gasteiger partial charge in [0.1, 0.15) is 6.61 Å². The van der Waals surface area contributed by atoms with Crippen molar-refractivity contribution in [3.63, 3.8) is 0 Å². The predicted molar refractivity (Wildman–Crippen MR) is 129 cm³/mol. The van der Waals surface area contributed by atoms with Crippen molar-refractivity contribution in [3.8, 4) is 59.2 Å². The maximum absolute atomic E-state index is 11.9. The van der Waals surface area contributed by atoms with Gasteiger partial charge in [0.2, 0.25) is 0 Å². The maximum Gasteiger partial charge on any atom is 0.385 e. The van der Waals surface area contributed by atoms with Gasteiger partial charge in [-0.15, -0.1) is 0 Å². The van der Waals surface area contributed by atoms with Crippen molar-refractivity contribution in [2.24, 2.45) is 0 Å². The lowest BCUT2D eigenvalue weighted by Gasteiger charge is -2.14. The summed E-state index contributed by atoms with van der Waals surface area (Å²) in [5.41, 5.74) is 0. The van der Waals surface area contributed by atoms with Crippen molar-refractivity contribution in [2.45, 2.75) is 90.6 Å². The van der Waals surface area contributed by atoms with Crippen LogP contribution in [0.4, 0.5) is 0 Å². The molecule has 0 spiro atoms. The van der Waals surface area contributed by atoms with E-state index in [1.54, 1.807) is 6.92 Å². The summed E-state index contributed by atoms with van der Waals surface area (Å²) in [6, 6.07) is 0. The molecule has 0 aliphatic carbocycles. The number of aliphatic hydroxyl groups is 1. The van der Waals surface area contributed by atoms with Crippen LogP contribution in [0.2, 0.25) is 0 Å². The predicted octanol–water partition coefficient (Wildman–Crippen LogP) is 3.78. The van der Waals surface area contributed by atoms with Gasteiger partial charge in [0.05, 0.1) is 6.61 Å². The SMILES string of the molecule is CC#CC#CC#CC#CC#CC(=O)OC[C@@H](CO)OC(=O)CCCCCCCCCCCC. The Morgan fingerprint density at radius 1 is 0.758 bits per heavy atom.